The summed E-state index contributed by atoms with van der Waals surface area (Å²) in [5, 5.41) is 6.60. The Morgan fingerprint density at radius 2 is 2.16 bits per heavy atom. The van der Waals surface area contributed by atoms with Crippen LogP contribution in [0.5, 0.6) is 5.75 Å². The maximum atomic E-state index is 5.87. The number of hydrogen-bond donors (Lipinski definition) is 1. The summed E-state index contributed by atoms with van der Waals surface area (Å²) in [4.78, 5) is 7.22. The highest BCUT2D eigenvalue weighted by Crippen LogP contribution is 2.28. The fraction of sp³-hybridized carbons (Fsp3) is 0.526. The van der Waals surface area contributed by atoms with Gasteiger partial charge in [-0.25, -0.2) is 4.98 Å². The molecule has 2 aromatic rings. The maximum absolute atomic E-state index is 5.87. The fourth-order valence-corrected chi connectivity index (χ4v) is 3.86. The minimum absolute atomic E-state index is 0.300. The standard InChI is InChI=1S/C19H25N3O2S/c1-2-4-17(5-3-1)24-13-19-21-15(14-25-19)10-20-11-18-12-22(8-9-23-18)16-6-7-16/h1-5,14,16,18,20H,6-13H2/t18-/m0/s1. The summed E-state index contributed by atoms with van der Waals surface area (Å²) in [6, 6.07) is 10.7. The second-order valence-electron chi connectivity index (χ2n) is 6.68. The first-order valence-electron chi connectivity index (χ1n) is 9.04. The molecule has 2 heterocycles. The van der Waals surface area contributed by atoms with E-state index in [1.165, 1.54) is 12.8 Å². The fourth-order valence-electron chi connectivity index (χ4n) is 3.16. The molecule has 1 atom stereocenters. The smallest absolute Gasteiger partial charge is 0.140 e. The quantitative estimate of drug-likeness (QED) is 0.785. The highest BCUT2D eigenvalue weighted by molar-refractivity contribution is 7.09. The predicted octanol–water partition coefficient (Wildman–Crippen LogP) is 2.67. The SMILES string of the molecule is c1ccc(OCc2nc(CNC[C@H]3CN(C4CC4)CCO3)cs2)cc1. The monoisotopic (exact) mass is 359 g/mol. The normalized spacial score (nSPS) is 21.4. The molecule has 2 aliphatic rings. The Kier molecular flexibility index (Phi) is 5.62. The van der Waals surface area contributed by atoms with Crippen LogP contribution in [0.25, 0.3) is 0 Å². The van der Waals surface area contributed by atoms with Crippen molar-refractivity contribution in [2.24, 2.45) is 0 Å². The molecule has 4 rings (SSSR count). The topological polar surface area (TPSA) is 46.6 Å². The summed E-state index contributed by atoms with van der Waals surface area (Å²) in [5.74, 6) is 0.882. The summed E-state index contributed by atoms with van der Waals surface area (Å²) in [6.07, 6.45) is 3.04. The molecule has 25 heavy (non-hydrogen) atoms. The predicted molar refractivity (Wildman–Crippen MR) is 98.9 cm³/mol. The number of hydrogen-bond acceptors (Lipinski definition) is 6. The highest BCUT2D eigenvalue weighted by atomic mass is 32.1. The van der Waals surface area contributed by atoms with E-state index in [1.807, 2.05) is 30.3 Å². The zero-order chi connectivity index (χ0) is 16.9. The van der Waals surface area contributed by atoms with Gasteiger partial charge in [-0.3, -0.25) is 4.90 Å². The van der Waals surface area contributed by atoms with E-state index in [4.69, 9.17) is 9.47 Å². The molecule has 5 nitrogen and oxygen atoms in total. The van der Waals surface area contributed by atoms with Gasteiger partial charge in [-0.15, -0.1) is 11.3 Å². The molecule has 0 radical (unpaired) electrons. The van der Waals surface area contributed by atoms with Gasteiger partial charge in [-0.2, -0.15) is 0 Å². The van der Waals surface area contributed by atoms with Crippen molar-refractivity contribution in [3.8, 4) is 5.75 Å². The molecule has 1 aromatic heterocycles. The van der Waals surface area contributed by atoms with Crippen LogP contribution in [0.2, 0.25) is 0 Å². The number of ether oxygens (including phenoxy) is 2. The van der Waals surface area contributed by atoms with E-state index in [0.717, 1.165) is 55.3 Å². The maximum Gasteiger partial charge on any atom is 0.140 e. The summed E-state index contributed by atoms with van der Waals surface area (Å²) in [5.41, 5.74) is 1.08. The van der Waals surface area contributed by atoms with E-state index in [1.54, 1.807) is 11.3 Å². The molecule has 1 N–H and O–H groups in total. The molecule has 6 heteroatoms. The Balaban J connectivity index is 1.18. The van der Waals surface area contributed by atoms with E-state index in [2.05, 4.69) is 20.6 Å². The number of morpholine rings is 1. The average Bonchev–Trinajstić information content (AvgIpc) is 3.41. The van der Waals surface area contributed by atoms with Crippen molar-refractivity contribution < 1.29 is 9.47 Å². The molecule has 134 valence electrons. The number of nitrogens with zero attached hydrogens (tertiary/aromatic N) is 2. The van der Waals surface area contributed by atoms with Crippen molar-refractivity contribution in [2.75, 3.05) is 26.2 Å². The molecular formula is C19H25N3O2S. The van der Waals surface area contributed by atoms with Gasteiger partial charge >= 0.3 is 0 Å². The molecule has 1 saturated heterocycles. The van der Waals surface area contributed by atoms with Gasteiger partial charge in [-0.05, 0) is 25.0 Å². The van der Waals surface area contributed by atoms with Crippen LogP contribution >= 0.6 is 11.3 Å². The Bertz CT molecular complexity index is 660. The van der Waals surface area contributed by atoms with Crippen molar-refractivity contribution in [3.63, 3.8) is 0 Å². The molecule has 0 amide bonds. The Hall–Kier alpha value is -1.47. The highest BCUT2D eigenvalue weighted by Gasteiger charge is 2.32. The first-order valence-corrected chi connectivity index (χ1v) is 9.92. The van der Waals surface area contributed by atoms with Gasteiger partial charge in [0.15, 0.2) is 0 Å². The van der Waals surface area contributed by atoms with E-state index in [0.29, 0.717) is 12.7 Å². The second-order valence-corrected chi connectivity index (χ2v) is 7.63. The molecule has 1 aromatic carbocycles. The molecule has 2 fully saturated rings. The lowest BCUT2D eigenvalue weighted by molar-refractivity contribution is -0.0301. The summed E-state index contributed by atoms with van der Waals surface area (Å²) < 4.78 is 11.6. The van der Waals surface area contributed by atoms with Crippen LogP contribution in [-0.4, -0.2) is 48.3 Å². The van der Waals surface area contributed by atoms with Crippen molar-refractivity contribution in [2.45, 2.75) is 38.1 Å². The van der Waals surface area contributed by atoms with Crippen LogP contribution in [0.15, 0.2) is 35.7 Å². The van der Waals surface area contributed by atoms with Gasteiger partial charge in [0, 0.05) is 37.6 Å². The van der Waals surface area contributed by atoms with E-state index >= 15 is 0 Å². The lowest BCUT2D eigenvalue weighted by Crippen LogP contribution is -2.47. The number of nitrogens with one attached hydrogen (secondary N) is 1. The average molecular weight is 359 g/mol. The van der Waals surface area contributed by atoms with Crippen molar-refractivity contribution in [3.05, 3.63) is 46.4 Å². The van der Waals surface area contributed by atoms with E-state index in [9.17, 15) is 0 Å². The zero-order valence-corrected chi connectivity index (χ0v) is 15.2. The molecule has 0 bridgehead atoms. The third-order valence-electron chi connectivity index (χ3n) is 4.62. The van der Waals surface area contributed by atoms with Crippen LogP contribution in [0.1, 0.15) is 23.5 Å². The number of aromatic nitrogens is 1. The first-order chi connectivity index (χ1) is 12.4. The Morgan fingerprint density at radius 3 is 3.00 bits per heavy atom. The van der Waals surface area contributed by atoms with Gasteiger partial charge in [0.25, 0.3) is 0 Å². The van der Waals surface area contributed by atoms with Gasteiger partial charge in [0.2, 0.25) is 0 Å². The molecule has 0 spiro atoms. The second kappa shape index (κ2) is 8.27. The molecule has 1 aliphatic heterocycles. The number of thiazole rings is 1. The lowest BCUT2D eigenvalue weighted by Gasteiger charge is -2.33. The molecule has 0 unspecified atom stereocenters. The van der Waals surface area contributed by atoms with E-state index < -0.39 is 0 Å². The first kappa shape index (κ1) is 17.0. The number of benzene rings is 1. The zero-order valence-electron chi connectivity index (χ0n) is 14.4. The summed E-state index contributed by atoms with van der Waals surface area (Å²) in [6.45, 7) is 5.21. The molecule has 1 aliphatic carbocycles. The Morgan fingerprint density at radius 1 is 1.28 bits per heavy atom. The van der Waals surface area contributed by atoms with E-state index in [-0.39, 0.29) is 0 Å². The lowest BCUT2D eigenvalue weighted by atomic mass is 10.2. The van der Waals surface area contributed by atoms with Crippen molar-refractivity contribution in [1.29, 1.82) is 0 Å². The van der Waals surface area contributed by atoms with Crippen molar-refractivity contribution in [1.82, 2.24) is 15.2 Å². The van der Waals surface area contributed by atoms with Gasteiger partial charge in [0.05, 0.1) is 18.4 Å². The Labute approximate surface area is 153 Å². The third kappa shape index (κ3) is 5.01. The van der Waals surface area contributed by atoms with Crippen LogP contribution in [0.3, 0.4) is 0 Å². The van der Waals surface area contributed by atoms with Gasteiger partial charge in [-0.1, -0.05) is 18.2 Å². The summed E-state index contributed by atoms with van der Waals surface area (Å²) in [7, 11) is 0. The largest absolute Gasteiger partial charge is 0.486 e. The van der Waals surface area contributed by atoms with Crippen LogP contribution < -0.4 is 10.1 Å². The van der Waals surface area contributed by atoms with Gasteiger partial charge < -0.3 is 14.8 Å². The van der Waals surface area contributed by atoms with Gasteiger partial charge in [0.1, 0.15) is 17.4 Å². The van der Waals surface area contributed by atoms with Crippen LogP contribution in [-0.2, 0) is 17.9 Å². The number of para-hydroxylation sites is 1. The number of rotatable bonds is 8. The summed E-state index contributed by atoms with van der Waals surface area (Å²) >= 11 is 1.65. The minimum atomic E-state index is 0.300. The van der Waals surface area contributed by atoms with Crippen LogP contribution in [0.4, 0.5) is 0 Å². The molecule has 1 saturated carbocycles. The molecular weight excluding hydrogens is 334 g/mol. The van der Waals surface area contributed by atoms with Crippen LogP contribution in [0, 0.1) is 0 Å². The van der Waals surface area contributed by atoms with Crippen molar-refractivity contribution >= 4 is 11.3 Å². The third-order valence-corrected chi connectivity index (χ3v) is 5.49. The minimum Gasteiger partial charge on any atom is -0.486 e.